The third-order valence-corrected chi connectivity index (χ3v) is 4.26. The fourth-order valence-corrected chi connectivity index (χ4v) is 2.87. The van der Waals surface area contributed by atoms with Gasteiger partial charge < -0.3 is 0 Å². The molecule has 0 amide bonds. The molecule has 0 bridgehead atoms. The standard InChI is InChI=1S/C10H18.C9H16.CH4/c1-10(2,3)9-7-5-4-6-8-9;1-9(2,3)8-6-4-5-7-8;/h7H,4-6,8H2,1-3H3;6H,4-5,7H2,1-3H3;1H4. The largest absolute Gasteiger partial charge is 0.0848 e. The van der Waals surface area contributed by atoms with E-state index in [1.807, 2.05) is 0 Å². The van der Waals surface area contributed by atoms with E-state index in [1.165, 1.54) is 44.9 Å². The Labute approximate surface area is 128 Å². The predicted molar refractivity (Wildman–Crippen MR) is 94.1 cm³/mol. The lowest BCUT2D eigenvalue weighted by Gasteiger charge is -2.25. The molecule has 0 aliphatic heterocycles. The van der Waals surface area contributed by atoms with Gasteiger partial charge in [-0.15, -0.1) is 0 Å². The Bertz CT molecular complexity index is 328. The summed E-state index contributed by atoms with van der Waals surface area (Å²) < 4.78 is 0. The van der Waals surface area contributed by atoms with Crippen LogP contribution in [0.2, 0.25) is 0 Å². The zero-order chi connectivity index (χ0) is 14.5. The monoisotopic (exact) mass is 278 g/mol. The fourth-order valence-electron chi connectivity index (χ4n) is 2.87. The first-order chi connectivity index (χ1) is 8.71. The van der Waals surface area contributed by atoms with Gasteiger partial charge in [-0.1, -0.05) is 72.3 Å². The summed E-state index contributed by atoms with van der Waals surface area (Å²) in [6, 6.07) is 0. The Morgan fingerprint density at radius 1 is 0.650 bits per heavy atom. The molecule has 0 radical (unpaired) electrons. The third kappa shape index (κ3) is 6.77. The molecule has 0 nitrogen and oxygen atoms in total. The van der Waals surface area contributed by atoms with Crippen molar-refractivity contribution in [2.75, 3.05) is 0 Å². The van der Waals surface area contributed by atoms with Gasteiger partial charge in [-0.3, -0.25) is 0 Å². The molecule has 118 valence electrons. The summed E-state index contributed by atoms with van der Waals surface area (Å²) in [5, 5.41) is 0. The molecule has 2 rings (SSSR count). The van der Waals surface area contributed by atoms with Crippen molar-refractivity contribution >= 4 is 0 Å². The Hall–Kier alpha value is -0.520. The topological polar surface area (TPSA) is 0 Å². The van der Waals surface area contributed by atoms with Gasteiger partial charge in [-0.05, 0) is 55.8 Å². The second-order valence-corrected chi connectivity index (χ2v) is 8.10. The molecule has 0 N–H and O–H groups in total. The van der Waals surface area contributed by atoms with E-state index in [0.717, 1.165) is 0 Å². The minimum absolute atomic E-state index is 0. The molecule has 0 atom stereocenters. The fraction of sp³-hybridized carbons (Fsp3) is 0.800. The summed E-state index contributed by atoms with van der Waals surface area (Å²) in [6.45, 7) is 13.8. The van der Waals surface area contributed by atoms with E-state index in [0.29, 0.717) is 10.8 Å². The van der Waals surface area contributed by atoms with E-state index in [9.17, 15) is 0 Å². The van der Waals surface area contributed by atoms with Gasteiger partial charge in [0, 0.05) is 0 Å². The van der Waals surface area contributed by atoms with Crippen LogP contribution in [-0.2, 0) is 0 Å². The highest BCUT2D eigenvalue weighted by atomic mass is 14.2. The number of hydrogen-bond donors (Lipinski definition) is 0. The number of allylic oxidation sites excluding steroid dienone is 4. The van der Waals surface area contributed by atoms with E-state index in [1.54, 1.807) is 11.1 Å². The smallest absolute Gasteiger partial charge is 0.0173 e. The second kappa shape index (κ2) is 8.05. The highest BCUT2D eigenvalue weighted by Crippen LogP contribution is 2.34. The lowest BCUT2D eigenvalue weighted by atomic mass is 9.80. The van der Waals surface area contributed by atoms with Gasteiger partial charge in [-0.2, -0.15) is 0 Å². The van der Waals surface area contributed by atoms with Crippen LogP contribution in [0.15, 0.2) is 23.3 Å². The molecule has 0 saturated heterocycles. The maximum atomic E-state index is 2.43. The van der Waals surface area contributed by atoms with Crippen LogP contribution in [0.1, 0.15) is 93.9 Å². The summed E-state index contributed by atoms with van der Waals surface area (Å²) in [5.74, 6) is 0. The summed E-state index contributed by atoms with van der Waals surface area (Å²) in [6.07, 6.45) is 14.3. The predicted octanol–water partition coefficient (Wildman–Crippen LogP) is 7.31. The Morgan fingerprint density at radius 3 is 1.30 bits per heavy atom. The summed E-state index contributed by atoms with van der Waals surface area (Å²) in [5.41, 5.74) is 4.19. The minimum Gasteiger partial charge on any atom is -0.0848 e. The van der Waals surface area contributed by atoms with Gasteiger partial charge in [-0.25, -0.2) is 0 Å². The molecule has 2 aliphatic carbocycles. The van der Waals surface area contributed by atoms with Crippen LogP contribution >= 0.6 is 0 Å². The second-order valence-electron chi connectivity index (χ2n) is 8.10. The van der Waals surface area contributed by atoms with Crippen molar-refractivity contribution in [1.29, 1.82) is 0 Å². The molecule has 0 spiro atoms. The molecular weight excluding hydrogens is 240 g/mol. The van der Waals surface area contributed by atoms with Crippen LogP contribution in [0.3, 0.4) is 0 Å². The van der Waals surface area contributed by atoms with Gasteiger partial charge in [0.15, 0.2) is 0 Å². The molecule has 0 unspecified atom stereocenters. The maximum absolute atomic E-state index is 2.43. The van der Waals surface area contributed by atoms with Gasteiger partial charge in [0.25, 0.3) is 0 Å². The van der Waals surface area contributed by atoms with Crippen LogP contribution in [0, 0.1) is 10.8 Å². The molecular formula is C20H38. The van der Waals surface area contributed by atoms with E-state index in [-0.39, 0.29) is 7.43 Å². The molecule has 2 aliphatic rings. The molecule has 0 heterocycles. The van der Waals surface area contributed by atoms with Crippen LogP contribution in [0.4, 0.5) is 0 Å². The zero-order valence-corrected chi connectivity index (χ0v) is 14.1. The molecule has 0 fully saturated rings. The van der Waals surface area contributed by atoms with Crippen LogP contribution < -0.4 is 0 Å². The van der Waals surface area contributed by atoms with Gasteiger partial charge in [0.1, 0.15) is 0 Å². The zero-order valence-electron chi connectivity index (χ0n) is 14.1. The van der Waals surface area contributed by atoms with Gasteiger partial charge in [0.05, 0.1) is 0 Å². The first-order valence-corrected chi connectivity index (χ1v) is 8.10. The first kappa shape index (κ1) is 19.5. The van der Waals surface area contributed by atoms with Crippen molar-refractivity contribution < 1.29 is 0 Å². The van der Waals surface area contributed by atoms with E-state index < -0.39 is 0 Å². The molecule has 0 aromatic carbocycles. The van der Waals surface area contributed by atoms with Gasteiger partial charge in [0.2, 0.25) is 0 Å². The number of rotatable bonds is 0. The van der Waals surface area contributed by atoms with Crippen LogP contribution in [-0.4, -0.2) is 0 Å². The van der Waals surface area contributed by atoms with Crippen molar-refractivity contribution in [1.82, 2.24) is 0 Å². The van der Waals surface area contributed by atoms with Crippen molar-refractivity contribution in [2.24, 2.45) is 10.8 Å². The summed E-state index contributed by atoms with van der Waals surface area (Å²) in [7, 11) is 0. The van der Waals surface area contributed by atoms with Gasteiger partial charge >= 0.3 is 0 Å². The highest BCUT2D eigenvalue weighted by molar-refractivity contribution is 5.14. The Balaban J connectivity index is 0.000000345. The van der Waals surface area contributed by atoms with Crippen LogP contribution in [0.5, 0.6) is 0 Å². The SMILES string of the molecule is C.CC(C)(C)C1=CCCC1.CC(C)(C)C1=CCCCC1. The molecule has 0 heteroatoms. The normalized spacial score (nSPS) is 19.3. The van der Waals surface area contributed by atoms with Crippen LogP contribution in [0.25, 0.3) is 0 Å². The maximum Gasteiger partial charge on any atom is -0.0173 e. The van der Waals surface area contributed by atoms with E-state index in [4.69, 9.17) is 0 Å². The molecule has 20 heavy (non-hydrogen) atoms. The molecule has 0 saturated carbocycles. The van der Waals surface area contributed by atoms with Crippen molar-refractivity contribution in [3.8, 4) is 0 Å². The minimum atomic E-state index is 0. The summed E-state index contributed by atoms with van der Waals surface area (Å²) >= 11 is 0. The first-order valence-electron chi connectivity index (χ1n) is 8.10. The van der Waals surface area contributed by atoms with E-state index >= 15 is 0 Å². The lowest BCUT2D eigenvalue weighted by Crippen LogP contribution is -2.11. The lowest BCUT2D eigenvalue weighted by molar-refractivity contribution is 0.460. The Kier molecular flexibility index (Phi) is 7.84. The van der Waals surface area contributed by atoms with Crippen molar-refractivity contribution in [2.45, 2.75) is 93.9 Å². The van der Waals surface area contributed by atoms with Crippen molar-refractivity contribution in [3.05, 3.63) is 23.3 Å². The quantitative estimate of drug-likeness (QED) is 0.407. The average Bonchev–Trinajstić information content (AvgIpc) is 2.83. The molecule has 0 aromatic rings. The third-order valence-electron chi connectivity index (χ3n) is 4.26. The highest BCUT2D eigenvalue weighted by Gasteiger charge is 2.18. The average molecular weight is 279 g/mol. The summed E-state index contributed by atoms with van der Waals surface area (Å²) in [4.78, 5) is 0. The molecule has 0 aromatic heterocycles. The number of hydrogen-bond acceptors (Lipinski definition) is 0. The van der Waals surface area contributed by atoms with E-state index in [2.05, 4.69) is 53.7 Å². The Morgan fingerprint density at radius 2 is 1.05 bits per heavy atom. The van der Waals surface area contributed by atoms with Crippen molar-refractivity contribution in [3.63, 3.8) is 0 Å².